The lowest BCUT2D eigenvalue weighted by Crippen LogP contribution is -2.42. The van der Waals surface area contributed by atoms with Gasteiger partial charge >= 0.3 is 0 Å². The normalized spacial score (nSPS) is 25.1. The number of benzene rings is 1. The van der Waals surface area contributed by atoms with E-state index in [1.54, 1.807) is 0 Å². The van der Waals surface area contributed by atoms with Crippen LogP contribution in [-0.2, 0) is 9.53 Å². The number of aliphatic hydroxyl groups excluding tert-OH is 1. The van der Waals surface area contributed by atoms with Gasteiger partial charge < -0.3 is 15.2 Å². The van der Waals surface area contributed by atoms with Gasteiger partial charge in [0.05, 0.1) is 6.10 Å². The van der Waals surface area contributed by atoms with Gasteiger partial charge in [-0.15, -0.1) is 0 Å². The summed E-state index contributed by atoms with van der Waals surface area (Å²) in [6, 6.07) is 9.41. The SMILES string of the molecule is CC(CC(O)c1ccccc1)NC(=O)C1OCCC1C. The molecule has 2 N–H and O–H groups in total. The van der Waals surface area contributed by atoms with Gasteiger partial charge in [-0.1, -0.05) is 37.3 Å². The average Bonchev–Trinajstić information content (AvgIpc) is 2.86. The molecule has 0 saturated carbocycles. The van der Waals surface area contributed by atoms with E-state index in [4.69, 9.17) is 4.74 Å². The highest BCUT2D eigenvalue weighted by molar-refractivity contribution is 5.81. The van der Waals surface area contributed by atoms with Crippen LogP contribution in [0, 0.1) is 5.92 Å². The highest BCUT2D eigenvalue weighted by atomic mass is 16.5. The van der Waals surface area contributed by atoms with Gasteiger partial charge in [0.2, 0.25) is 5.91 Å². The summed E-state index contributed by atoms with van der Waals surface area (Å²) in [5.41, 5.74) is 0.874. The van der Waals surface area contributed by atoms with Crippen molar-refractivity contribution in [1.29, 1.82) is 0 Å². The molecular formula is C16H23NO3. The fourth-order valence-corrected chi connectivity index (χ4v) is 2.56. The van der Waals surface area contributed by atoms with E-state index in [2.05, 4.69) is 5.32 Å². The topological polar surface area (TPSA) is 58.6 Å². The minimum absolute atomic E-state index is 0.0669. The zero-order chi connectivity index (χ0) is 14.5. The van der Waals surface area contributed by atoms with Crippen LogP contribution in [-0.4, -0.2) is 29.8 Å². The molecule has 1 aliphatic heterocycles. The van der Waals surface area contributed by atoms with Crippen LogP contribution >= 0.6 is 0 Å². The van der Waals surface area contributed by atoms with Crippen LogP contribution in [0.1, 0.15) is 38.4 Å². The highest BCUT2D eigenvalue weighted by Gasteiger charge is 2.31. The highest BCUT2D eigenvalue weighted by Crippen LogP contribution is 2.21. The van der Waals surface area contributed by atoms with Crippen LogP contribution in [0.5, 0.6) is 0 Å². The van der Waals surface area contributed by atoms with Crippen LogP contribution in [0.25, 0.3) is 0 Å². The molecule has 4 unspecified atom stereocenters. The molecule has 20 heavy (non-hydrogen) atoms. The first-order valence-corrected chi connectivity index (χ1v) is 7.23. The molecule has 0 bridgehead atoms. The zero-order valence-electron chi connectivity index (χ0n) is 12.1. The van der Waals surface area contributed by atoms with Crippen LogP contribution in [0.15, 0.2) is 30.3 Å². The Hall–Kier alpha value is -1.39. The summed E-state index contributed by atoms with van der Waals surface area (Å²) in [5, 5.41) is 13.1. The van der Waals surface area contributed by atoms with Crippen molar-refractivity contribution in [2.75, 3.05) is 6.61 Å². The molecule has 110 valence electrons. The monoisotopic (exact) mass is 277 g/mol. The van der Waals surface area contributed by atoms with Gasteiger partial charge in [-0.3, -0.25) is 4.79 Å². The van der Waals surface area contributed by atoms with E-state index >= 15 is 0 Å². The van der Waals surface area contributed by atoms with Gasteiger partial charge in [-0.25, -0.2) is 0 Å². The molecule has 0 aromatic heterocycles. The molecule has 1 aromatic carbocycles. The lowest BCUT2D eigenvalue weighted by atomic mass is 10.0. The number of carbonyl (C=O) groups excluding carboxylic acids is 1. The van der Waals surface area contributed by atoms with Crippen LogP contribution in [0.4, 0.5) is 0 Å². The first-order chi connectivity index (χ1) is 9.58. The van der Waals surface area contributed by atoms with E-state index < -0.39 is 6.10 Å². The maximum Gasteiger partial charge on any atom is 0.249 e. The fourth-order valence-electron chi connectivity index (χ4n) is 2.56. The second-order valence-electron chi connectivity index (χ2n) is 5.63. The second kappa shape index (κ2) is 6.86. The molecule has 1 heterocycles. The maximum atomic E-state index is 12.1. The second-order valence-corrected chi connectivity index (χ2v) is 5.63. The summed E-state index contributed by atoms with van der Waals surface area (Å²) >= 11 is 0. The smallest absolute Gasteiger partial charge is 0.249 e. The summed E-state index contributed by atoms with van der Waals surface area (Å²) in [6.45, 7) is 4.59. The molecule has 0 radical (unpaired) electrons. The number of carbonyl (C=O) groups is 1. The van der Waals surface area contributed by atoms with Crippen molar-refractivity contribution in [2.45, 2.75) is 44.9 Å². The summed E-state index contributed by atoms with van der Waals surface area (Å²) in [4.78, 5) is 12.1. The largest absolute Gasteiger partial charge is 0.388 e. The lowest BCUT2D eigenvalue weighted by molar-refractivity contribution is -0.132. The molecule has 1 aromatic rings. The Bertz CT molecular complexity index is 435. The number of amides is 1. The van der Waals surface area contributed by atoms with Gasteiger partial charge in [0.25, 0.3) is 0 Å². The first-order valence-electron chi connectivity index (χ1n) is 7.23. The van der Waals surface area contributed by atoms with E-state index in [1.807, 2.05) is 44.2 Å². The minimum atomic E-state index is -0.562. The molecule has 0 aliphatic carbocycles. The molecule has 4 nitrogen and oxygen atoms in total. The predicted octanol–water partition coefficient (Wildman–Crippen LogP) is 2.04. The molecule has 4 atom stereocenters. The molecule has 1 aliphatic rings. The first kappa shape index (κ1) is 15.0. The Balaban J connectivity index is 1.83. The number of ether oxygens (including phenoxy) is 1. The summed E-state index contributed by atoms with van der Waals surface area (Å²) in [6.07, 6.45) is 0.524. The predicted molar refractivity (Wildman–Crippen MR) is 77.1 cm³/mol. The third kappa shape index (κ3) is 3.81. The Labute approximate surface area is 120 Å². The Kier molecular flexibility index (Phi) is 5.15. The van der Waals surface area contributed by atoms with E-state index in [-0.39, 0.29) is 24.0 Å². The minimum Gasteiger partial charge on any atom is -0.388 e. The van der Waals surface area contributed by atoms with Crippen molar-refractivity contribution < 1.29 is 14.6 Å². The van der Waals surface area contributed by atoms with Crippen molar-refractivity contribution in [3.05, 3.63) is 35.9 Å². The number of nitrogens with one attached hydrogen (secondary N) is 1. The fraction of sp³-hybridized carbons (Fsp3) is 0.562. The van der Waals surface area contributed by atoms with Crippen LogP contribution in [0.2, 0.25) is 0 Å². The van der Waals surface area contributed by atoms with Crippen molar-refractivity contribution in [3.63, 3.8) is 0 Å². The number of hydrogen-bond donors (Lipinski definition) is 2. The molecule has 1 amide bonds. The average molecular weight is 277 g/mol. The van der Waals surface area contributed by atoms with Crippen LogP contribution < -0.4 is 5.32 Å². The lowest BCUT2D eigenvalue weighted by Gasteiger charge is -2.21. The molecular weight excluding hydrogens is 254 g/mol. The zero-order valence-corrected chi connectivity index (χ0v) is 12.1. The van der Waals surface area contributed by atoms with E-state index in [0.717, 1.165) is 12.0 Å². The van der Waals surface area contributed by atoms with E-state index in [9.17, 15) is 9.90 Å². The number of rotatable bonds is 5. The van der Waals surface area contributed by atoms with E-state index in [1.165, 1.54) is 0 Å². The van der Waals surface area contributed by atoms with Gasteiger partial charge in [-0.05, 0) is 31.2 Å². The van der Waals surface area contributed by atoms with Gasteiger partial charge in [0.1, 0.15) is 6.10 Å². The van der Waals surface area contributed by atoms with Gasteiger partial charge in [-0.2, -0.15) is 0 Å². The number of aliphatic hydroxyl groups is 1. The quantitative estimate of drug-likeness (QED) is 0.866. The standard InChI is InChI=1S/C16H23NO3/c1-11-8-9-20-15(11)16(19)17-12(2)10-14(18)13-6-4-3-5-7-13/h3-7,11-12,14-15,18H,8-10H2,1-2H3,(H,17,19). The third-order valence-corrected chi connectivity index (χ3v) is 3.80. The Morgan fingerprint density at radius 2 is 2.15 bits per heavy atom. The van der Waals surface area contributed by atoms with Crippen molar-refractivity contribution in [1.82, 2.24) is 5.32 Å². The summed E-state index contributed by atoms with van der Waals surface area (Å²) in [5.74, 6) is 0.198. The van der Waals surface area contributed by atoms with Crippen molar-refractivity contribution in [2.24, 2.45) is 5.92 Å². The molecule has 4 heteroatoms. The Morgan fingerprint density at radius 1 is 1.45 bits per heavy atom. The third-order valence-electron chi connectivity index (χ3n) is 3.80. The van der Waals surface area contributed by atoms with Gasteiger partial charge in [0.15, 0.2) is 0 Å². The summed E-state index contributed by atoms with van der Waals surface area (Å²) in [7, 11) is 0. The maximum absolute atomic E-state index is 12.1. The van der Waals surface area contributed by atoms with Crippen molar-refractivity contribution in [3.8, 4) is 0 Å². The molecule has 1 saturated heterocycles. The summed E-state index contributed by atoms with van der Waals surface area (Å²) < 4.78 is 5.44. The van der Waals surface area contributed by atoms with E-state index in [0.29, 0.717) is 13.0 Å². The molecule has 1 fully saturated rings. The molecule has 2 rings (SSSR count). The van der Waals surface area contributed by atoms with Gasteiger partial charge in [0, 0.05) is 12.6 Å². The van der Waals surface area contributed by atoms with Crippen molar-refractivity contribution >= 4 is 5.91 Å². The number of hydrogen-bond acceptors (Lipinski definition) is 3. The van der Waals surface area contributed by atoms with Crippen LogP contribution in [0.3, 0.4) is 0 Å². The molecule has 0 spiro atoms. The Morgan fingerprint density at radius 3 is 2.75 bits per heavy atom.